The molecule has 2 heteroatoms. The molecule has 1 aromatic heterocycles. The normalized spacial score (nSPS) is 24.4. The third kappa shape index (κ3) is 1.65. The molecule has 2 aliphatic rings. The maximum absolute atomic E-state index is 12.0. The van der Waals surface area contributed by atoms with Gasteiger partial charge in [0.25, 0.3) is 0 Å². The van der Waals surface area contributed by atoms with Gasteiger partial charge in [-0.05, 0) is 42.6 Å². The Morgan fingerprint density at radius 3 is 2.42 bits per heavy atom. The Balaban J connectivity index is 1.93. The van der Waals surface area contributed by atoms with Gasteiger partial charge in [-0.2, -0.15) is 0 Å². The van der Waals surface area contributed by atoms with Gasteiger partial charge in [0.2, 0.25) is 0 Å². The van der Waals surface area contributed by atoms with Crippen molar-refractivity contribution in [2.75, 3.05) is 0 Å². The predicted molar refractivity (Wildman–Crippen MR) is 77.5 cm³/mol. The summed E-state index contributed by atoms with van der Waals surface area (Å²) in [5.74, 6) is 1.06. The Morgan fingerprint density at radius 2 is 1.84 bits per heavy atom. The van der Waals surface area contributed by atoms with Crippen LogP contribution >= 0.6 is 0 Å². The molecule has 0 bridgehead atoms. The van der Waals surface area contributed by atoms with E-state index in [1.54, 1.807) is 0 Å². The smallest absolute Gasteiger partial charge is 0.164 e. The van der Waals surface area contributed by atoms with Crippen molar-refractivity contribution in [2.45, 2.75) is 60.4 Å². The van der Waals surface area contributed by atoms with Crippen LogP contribution in [0.2, 0.25) is 0 Å². The van der Waals surface area contributed by atoms with Crippen LogP contribution in [-0.4, -0.2) is 10.4 Å². The highest BCUT2D eigenvalue weighted by Gasteiger charge is 2.64. The molecule has 0 unspecified atom stereocenters. The van der Waals surface area contributed by atoms with E-state index in [4.69, 9.17) is 0 Å². The topological polar surface area (TPSA) is 22.0 Å². The van der Waals surface area contributed by atoms with Crippen molar-refractivity contribution < 1.29 is 4.79 Å². The number of aromatic nitrogens is 1. The number of ketones is 1. The van der Waals surface area contributed by atoms with Crippen LogP contribution in [-0.2, 0) is 13.0 Å². The molecule has 0 saturated heterocycles. The molecule has 3 rings (SSSR count). The fourth-order valence-electron chi connectivity index (χ4n) is 4.02. The quantitative estimate of drug-likeness (QED) is 0.787. The van der Waals surface area contributed by atoms with Crippen molar-refractivity contribution in [2.24, 2.45) is 16.7 Å². The summed E-state index contributed by atoms with van der Waals surface area (Å²) < 4.78 is 2.42. The van der Waals surface area contributed by atoms with Gasteiger partial charge in [0, 0.05) is 29.9 Å². The Morgan fingerprint density at radius 1 is 1.21 bits per heavy atom. The maximum atomic E-state index is 12.0. The largest absolute Gasteiger partial charge is 0.348 e. The molecular formula is C17H25NO. The third-order valence-electron chi connectivity index (χ3n) is 6.22. The molecule has 0 aromatic carbocycles. The molecule has 0 amide bonds. The van der Waals surface area contributed by atoms with Crippen molar-refractivity contribution in [3.05, 3.63) is 23.0 Å². The van der Waals surface area contributed by atoms with Gasteiger partial charge in [-0.3, -0.25) is 4.79 Å². The molecule has 2 aliphatic carbocycles. The molecule has 1 aromatic rings. The van der Waals surface area contributed by atoms with Crippen LogP contribution in [0.1, 0.15) is 62.3 Å². The van der Waals surface area contributed by atoms with Crippen molar-refractivity contribution in [3.8, 4) is 0 Å². The summed E-state index contributed by atoms with van der Waals surface area (Å²) >= 11 is 0. The second-order valence-electron chi connectivity index (χ2n) is 7.53. The third-order valence-corrected chi connectivity index (χ3v) is 6.22. The van der Waals surface area contributed by atoms with E-state index in [0.29, 0.717) is 22.5 Å². The number of nitrogens with zero attached hydrogens (tertiary/aromatic N) is 1. The number of hydrogen-bond acceptors (Lipinski definition) is 1. The Labute approximate surface area is 116 Å². The first-order valence-corrected chi connectivity index (χ1v) is 7.49. The van der Waals surface area contributed by atoms with Gasteiger partial charge >= 0.3 is 0 Å². The molecule has 1 fully saturated rings. The molecule has 2 nitrogen and oxygen atoms in total. The van der Waals surface area contributed by atoms with Crippen molar-refractivity contribution in [3.63, 3.8) is 0 Å². The molecule has 0 spiro atoms. The minimum absolute atomic E-state index is 0.345. The first-order chi connectivity index (χ1) is 8.76. The molecule has 1 heterocycles. The molecule has 1 saturated carbocycles. The van der Waals surface area contributed by atoms with Crippen LogP contribution < -0.4 is 0 Å². The average Bonchev–Trinajstić information content (AvgIpc) is 2.59. The van der Waals surface area contributed by atoms with E-state index in [-0.39, 0.29) is 0 Å². The SMILES string of the molecule is Cc1cc2c(n1CC1C(C)(C)C1(C)C)CCCC2=O. The van der Waals surface area contributed by atoms with Gasteiger partial charge < -0.3 is 4.57 Å². The molecule has 0 N–H and O–H groups in total. The highest BCUT2D eigenvalue weighted by atomic mass is 16.1. The molecule has 19 heavy (non-hydrogen) atoms. The van der Waals surface area contributed by atoms with Crippen molar-refractivity contribution in [1.82, 2.24) is 4.57 Å². The fraction of sp³-hybridized carbons (Fsp3) is 0.706. The van der Waals surface area contributed by atoms with Gasteiger partial charge in [0.1, 0.15) is 0 Å². The van der Waals surface area contributed by atoms with E-state index in [1.165, 1.54) is 11.4 Å². The number of rotatable bonds is 2. The second kappa shape index (κ2) is 3.74. The number of fused-ring (bicyclic) bond motifs is 1. The summed E-state index contributed by atoms with van der Waals surface area (Å²) in [7, 11) is 0. The zero-order valence-electron chi connectivity index (χ0n) is 12.8. The second-order valence-corrected chi connectivity index (χ2v) is 7.53. The molecule has 0 radical (unpaired) electrons. The molecule has 0 aliphatic heterocycles. The van der Waals surface area contributed by atoms with E-state index >= 15 is 0 Å². The van der Waals surface area contributed by atoms with Crippen LogP contribution in [0.5, 0.6) is 0 Å². The minimum atomic E-state index is 0.345. The number of aryl methyl sites for hydroxylation is 1. The monoisotopic (exact) mass is 259 g/mol. The zero-order chi connectivity index (χ0) is 14.0. The van der Waals surface area contributed by atoms with Gasteiger partial charge in [0.15, 0.2) is 5.78 Å². The highest BCUT2D eigenvalue weighted by molar-refractivity contribution is 5.98. The van der Waals surface area contributed by atoms with Crippen molar-refractivity contribution in [1.29, 1.82) is 0 Å². The van der Waals surface area contributed by atoms with Gasteiger partial charge in [-0.1, -0.05) is 27.7 Å². The fourth-order valence-corrected chi connectivity index (χ4v) is 4.02. The van der Waals surface area contributed by atoms with Gasteiger partial charge in [0.05, 0.1) is 0 Å². The summed E-state index contributed by atoms with van der Waals surface area (Å²) in [5.41, 5.74) is 4.39. The lowest BCUT2D eigenvalue weighted by Crippen LogP contribution is -2.15. The highest BCUT2D eigenvalue weighted by Crippen LogP contribution is 2.69. The van der Waals surface area contributed by atoms with Crippen LogP contribution in [0, 0.1) is 23.7 Å². The number of carbonyl (C=O) groups is 1. The lowest BCUT2D eigenvalue weighted by atomic mass is 9.96. The first kappa shape index (κ1) is 13.0. The van der Waals surface area contributed by atoms with E-state index in [1.807, 2.05) is 0 Å². The van der Waals surface area contributed by atoms with Crippen LogP contribution in [0.15, 0.2) is 6.07 Å². The standard InChI is InChI=1S/C17H25NO/c1-11-9-12-13(7-6-8-14(12)19)18(11)10-15-16(2,3)17(15,4)5/h9,15H,6-8,10H2,1-5H3. The number of carbonyl (C=O) groups excluding carboxylic acids is 1. The van der Waals surface area contributed by atoms with Gasteiger partial charge in [-0.25, -0.2) is 0 Å². The summed E-state index contributed by atoms with van der Waals surface area (Å²) in [4.78, 5) is 12.0. The Hall–Kier alpha value is -1.05. The van der Waals surface area contributed by atoms with Crippen LogP contribution in [0.4, 0.5) is 0 Å². The van der Waals surface area contributed by atoms with Crippen LogP contribution in [0.3, 0.4) is 0 Å². The lowest BCUT2D eigenvalue weighted by Gasteiger charge is -2.17. The van der Waals surface area contributed by atoms with Crippen molar-refractivity contribution >= 4 is 5.78 Å². The Bertz CT molecular complexity index is 534. The molecule has 0 atom stereocenters. The van der Waals surface area contributed by atoms with Crippen LogP contribution in [0.25, 0.3) is 0 Å². The van der Waals surface area contributed by atoms with E-state index in [0.717, 1.165) is 31.4 Å². The van der Waals surface area contributed by atoms with Gasteiger partial charge in [-0.15, -0.1) is 0 Å². The lowest BCUT2D eigenvalue weighted by molar-refractivity contribution is 0.0971. The number of Topliss-reactive ketones (excluding diaryl/α,β-unsaturated/α-hetero) is 1. The summed E-state index contributed by atoms with van der Waals surface area (Å²) in [5, 5.41) is 0. The molecule has 104 valence electrons. The van der Waals surface area contributed by atoms with E-state index in [9.17, 15) is 4.79 Å². The molecular weight excluding hydrogens is 234 g/mol. The summed E-state index contributed by atoms with van der Waals surface area (Å²) in [6.45, 7) is 12.7. The van der Waals surface area contributed by atoms with E-state index < -0.39 is 0 Å². The zero-order valence-corrected chi connectivity index (χ0v) is 12.8. The van der Waals surface area contributed by atoms with E-state index in [2.05, 4.69) is 45.3 Å². The first-order valence-electron chi connectivity index (χ1n) is 7.49. The summed E-state index contributed by atoms with van der Waals surface area (Å²) in [6.07, 6.45) is 2.83. The average molecular weight is 259 g/mol. The number of hydrogen-bond donors (Lipinski definition) is 0. The maximum Gasteiger partial charge on any atom is 0.164 e. The Kier molecular flexibility index (Phi) is 2.55. The predicted octanol–water partition coefficient (Wildman–Crippen LogP) is 4.00. The summed E-state index contributed by atoms with van der Waals surface area (Å²) in [6, 6.07) is 2.11. The minimum Gasteiger partial charge on any atom is -0.348 e.